The number of hydrogen-bond acceptors (Lipinski definition) is 3. The van der Waals surface area contributed by atoms with Crippen LogP contribution in [0.25, 0.3) is 0 Å². The summed E-state index contributed by atoms with van der Waals surface area (Å²) in [5.41, 5.74) is -2.35. The molecule has 82 valence electrons. The molecule has 0 aliphatic carbocycles. The quantitative estimate of drug-likeness (QED) is 0.842. The molecule has 7 heteroatoms. The van der Waals surface area contributed by atoms with E-state index in [1.807, 2.05) is 0 Å². The molecule has 0 amide bonds. The molecule has 0 fully saturated rings. The Hall–Kier alpha value is -1.24. The van der Waals surface area contributed by atoms with Gasteiger partial charge in [0.1, 0.15) is 5.69 Å². The molecular weight excluding hydrogens is 276 g/mol. The summed E-state index contributed by atoms with van der Waals surface area (Å²) in [6.07, 6.45) is -1.93. The van der Waals surface area contributed by atoms with Gasteiger partial charge in [-0.1, -0.05) is 0 Å². The van der Waals surface area contributed by atoms with E-state index in [2.05, 4.69) is 25.7 Å². The monoisotopic (exact) mass is 281 g/mol. The van der Waals surface area contributed by atoms with Crippen LogP contribution in [-0.4, -0.2) is 18.1 Å². The van der Waals surface area contributed by atoms with E-state index in [0.29, 0.717) is 0 Å². The van der Waals surface area contributed by atoms with Crippen molar-refractivity contribution in [2.24, 2.45) is 0 Å². The van der Waals surface area contributed by atoms with Gasteiger partial charge in [0.05, 0.1) is 17.1 Å². The summed E-state index contributed by atoms with van der Waals surface area (Å²) >= 11 is 2.79. The number of rotatable bonds is 2. The number of pyridine rings is 1. The van der Waals surface area contributed by atoms with Gasteiger partial charge in [0, 0.05) is 6.20 Å². The molecule has 1 rings (SSSR count). The number of ether oxygens (including phenoxy) is 1. The van der Waals surface area contributed by atoms with Crippen molar-refractivity contribution in [3.8, 4) is 0 Å². The van der Waals surface area contributed by atoms with E-state index < -0.39 is 29.1 Å². The van der Waals surface area contributed by atoms with Gasteiger partial charge in [0.25, 0.3) is 6.43 Å². The molecule has 0 aliphatic heterocycles. The maximum absolute atomic E-state index is 12.5. The molecular formula is C8H6BrF2NO3. The maximum Gasteiger partial charge on any atom is 0.355 e. The molecule has 0 aliphatic rings. The molecule has 0 saturated carbocycles. The number of aromatic amines is 1. The lowest BCUT2D eigenvalue weighted by atomic mass is 10.2. The number of hydrogen-bond donors (Lipinski definition) is 1. The minimum Gasteiger partial charge on any atom is -0.464 e. The number of nitrogens with one attached hydrogen (secondary N) is 1. The van der Waals surface area contributed by atoms with Crippen molar-refractivity contribution in [2.45, 2.75) is 6.43 Å². The van der Waals surface area contributed by atoms with Crippen LogP contribution in [0.3, 0.4) is 0 Å². The highest BCUT2D eigenvalue weighted by Gasteiger charge is 2.24. The number of carbonyl (C=O) groups excluding carboxylic acids is 1. The first-order valence-corrected chi connectivity index (χ1v) is 4.56. The van der Waals surface area contributed by atoms with Crippen molar-refractivity contribution in [1.29, 1.82) is 0 Å². The Morgan fingerprint density at radius 3 is 2.67 bits per heavy atom. The third-order valence-corrected chi connectivity index (χ3v) is 2.27. The number of carbonyl (C=O) groups is 1. The van der Waals surface area contributed by atoms with Crippen molar-refractivity contribution >= 4 is 21.9 Å². The number of methoxy groups -OCH3 is 1. The average molecular weight is 282 g/mol. The Morgan fingerprint density at radius 1 is 1.60 bits per heavy atom. The Morgan fingerprint density at radius 2 is 2.20 bits per heavy atom. The fourth-order valence-electron chi connectivity index (χ4n) is 1.00. The molecule has 1 N–H and O–H groups in total. The largest absolute Gasteiger partial charge is 0.464 e. The van der Waals surface area contributed by atoms with E-state index >= 15 is 0 Å². The Balaban J connectivity index is 3.47. The molecule has 1 aromatic heterocycles. The van der Waals surface area contributed by atoms with Crippen molar-refractivity contribution < 1.29 is 18.3 Å². The molecule has 15 heavy (non-hydrogen) atoms. The van der Waals surface area contributed by atoms with Gasteiger partial charge < -0.3 is 9.72 Å². The van der Waals surface area contributed by atoms with Gasteiger partial charge >= 0.3 is 5.97 Å². The summed E-state index contributed by atoms with van der Waals surface area (Å²) in [7, 11) is 1.04. The fourth-order valence-corrected chi connectivity index (χ4v) is 1.33. The first-order valence-electron chi connectivity index (χ1n) is 3.76. The minimum atomic E-state index is -3.04. The molecule has 0 unspecified atom stereocenters. The van der Waals surface area contributed by atoms with Gasteiger partial charge in [-0.3, -0.25) is 4.79 Å². The van der Waals surface area contributed by atoms with Crippen molar-refractivity contribution in [3.05, 3.63) is 32.2 Å². The summed E-state index contributed by atoms with van der Waals surface area (Å²) in [5.74, 6) is -1.00. The van der Waals surface area contributed by atoms with Crippen molar-refractivity contribution in [1.82, 2.24) is 4.98 Å². The smallest absolute Gasteiger partial charge is 0.355 e. The molecule has 1 heterocycles. The van der Waals surface area contributed by atoms with Gasteiger partial charge in [-0.15, -0.1) is 0 Å². The average Bonchev–Trinajstić information content (AvgIpc) is 2.20. The minimum absolute atomic E-state index is 0.0644. The van der Waals surface area contributed by atoms with Crippen LogP contribution < -0.4 is 5.43 Å². The lowest BCUT2D eigenvalue weighted by molar-refractivity contribution is 0.0581. The molecule has 0 atom stereocenters. The molecule has 1 aromatic rings. The summed E-state index contributed by atoms with van der Waals surface area (Å²) < 4.78 is 29.2. The normalized spacial score (nSPS) is 10.5. The fraction of sp³-hybridized carbons (Fsp3) is 0.250. The van der Waals surface area contributed by atoms with Crippen LogP contribution >= 0.6 is 15.9 Å². The van der Waals surface area contributed by atoms with Gasteiger partial charge in [-0.05, 0) is 15.9 Å². The van der Waals surface area contributed by atoms with E-state index in [9.17, 15) is 18.4 Å². The highest BCUT2D eigenvalue weighted by atomic mass is 79.9. The van der Waals surface area contributed by atoms with E-state index in [-0.39, 0.29) is 4.47 Å². The predicted octanol–water partition coefficient (Wildman–Crippen LogP) is 1.86. The van der Waals surface area contributed by atoms with E-state index in [0.717, 1.165) is 13.3 Å². The highest BCUT2D eigenvalue weighted by Crippen LogP contribution is 2.20. The van der Waals surface area contributed by atoms with Crippen LogP contribution in [0.2, 0.25) is 0 Å². The van der Waals surface area contributed by atoms with Crippen LogP contribution in [0.15, 0.2) is 15.5 Å². The second kappa shape index (κ2) is 4.52. The molecule has 0 saturated heterocycles. The van der Waals surface area contributed by atoms with E-state index in [4.69, 9.17) is 0 Å². The van der Waals surface area contributed by atoms with Crippen molar-refractivity contribution in [3.63, 3.8) is 0 Å². The zero-order chi connectivity index (χ0) is 11.6. The highest BCUT2D eigenvalue weighted by molar-refractivity contribution is 9.10. The van der Waals surface area contributed by atoms with Crippen LogP contribution in [0.4, 0.5) is 8.78 Å². The van der Waals surface area contributed by atoms with E-state index in [1.54, 1.807) is 0 Å². The first kappa shape index (κ1) is 11.8. The third-order valence-electron chi connectivity index (χ3n) is 1.68. The maximum atomic E-state index is 12.5. The zero-order valence-electron chi connectivity index (χ0n) is 7.51. The summed E-state index contributed by atoms with van der Waals surface area (Å²) in [6.45, 7) is 0. The first-order chi connectivity index (χ1) is 6.99. The van der Waals surface area contributed by atoms with Crippen molar-refractivity contribution in [2.75, 3.05) is 7.11 Å². The number of esters is 1. The predicted molar refractivity (Wildman–Crippen MR) is 51.1 cm³/mol. The second-order valence-corrected chi connectivity index (χ2v) is 3.40. The number of H-pyrrole nitrogens is 1. The van der Waals surface area contributed by atoms with Gasteiger partial charge in [-0.2, -0.15) is 0 Å². The Bertz CT molecular complexity index is 444. The topological polar surface area (TPSA) is 59.2 Å². The summed E-state index contributed by atoms with van der Waals surface area (Å²) in [4.78, 5) is 24.6. The molecule has 0 aromatic carbocycles. The van der Waals surface area contributed by atoms with Crippen LogP contribution in [0.1, 0.15) is 22.5 Å². The summed E-state index contributed by atoms with van der Waals surface area (Å²) in [6, 6.07) is 0. The van der Waals surface area contributed by atoms with Crippen LogP contribution in [0.5, 0.6) is 0 Å². The van der Waals surface area contributed by atoms with Crippen LogP contribution in [0, 0.1) is 0 Å². The standard InChI is InChI=1S/C8H6BrF2NO3/c1-15-8(14)5-4(7(10)11)6(13)3(9)2-12-5/h2,7H,1H3,(H,12,13). The number of alkyl halides is 2. The molecule has 0 radical (unpaired) electrons. The van der Waals surface area contributed by atoms with Gasteiger partial charge in [0.15, 0.2) is 0 Å². The Kier molecular flexibility index (Phi) is 3.57. The van der Waals surface area contributed by atoms with Crippen LogP contribution in [-0.2, 0) is 4.74 Å². The summed E-state index contributed by atoms with van der Waals surface area (Å²) in [5, 5.41) is 0. The number of halogens is 3. The van der Waals surface area contributed by atoms with E-state index in [1.165, 1.54) is 0 Å². The molecule has 0 spiro atoms. The lowest BCUT2D eigenvalue weighted by Gasteiger charge is -2.06. The van der Waals surface area contributed by atoms with Gasteiger partial charge in [0.2, 0.25) is 5.43 Å². The molecule has 0 bridgehead atoms. The van der Waals surface area contributed by atoms with Gasteiger partial charge in [-0.25, -0.2) is 13.6 Å². The second-order valence-electron chi connectivity index (χ2n) is 2.55. The Labute approximate surface area is 91.4 Å². The zero-order valence-corrected chi connectivity index (χ0v) is 9.10. The SMILES string of the molecule is COC(=O)c1[nH]cc(Br)c(=O)c1C(F)F. The third kappa shape index (κ3) is 2.23. The number of aromatic nitrogens is 1. The lowest BCUT2D eigenvalue weighted by Crippen LogP contribution is -2.19. The molecule has 4 nitrogen and oxygen atoms in total.